The first-order valence-corrected chi connectivity index (χ1v) is 7.64. The van der Waals surface area contributed by atoms with Crippen LogP contribution in [0.1, 0.15) is 19.8 Å². The summed E-state index contributed by atoms with van der Waals surface area (Å²) in [5.74, 6) is -0.0887. The Morgan fingerprint density at radius 1 is 1.14 bits per heavy atom. The van der Waals surface area contributed by atoms with Crippen LogP contribution in [0, 0.1) is 0 Å². The molecule has 2 heterocycles. The second kappa shape index (κ2) is 5.85. The molecule has 0 aromatic heterocycles. The number of nitrogens with zero attached hydrogens (tertiary/aromatic N) is 3. The van der Waals surface area contributed by atoms with E-state index < -0.39 is 0 Å². The number of rotatable bonds is 3. The third-order valence-corrected chi connectivity index (χ3v) is 4.18. The van der Waals surface area contributed by atoms with Gasteiger partial charge in [-0.15, -0.1) is 0 Å². The lowest BCUT2D eigenvalue weighted by atomic mass is 10.2. The second-order valence-electron chi connectivity index (χ2n) is 5.66. The normalized spacial score (nSPS) is 23.4. The number of amides is 3. The lowest BCUT2D eigenvalue weighted by molar-refractivity contribution is -0.120. The van der Waals surface area contributed by atoms with E-state index in [0.29, 0.717) is 18.8 Å². The Morgan fingerprint density at radius 3 is 2.62 bits per heavy atom. The highest BCUT2D eigenvalue weighted by molar-refractivity contribution is 6.21. The number of hydrogen-bond acceptors (Lipinski definition) is 3. The first-order chi connectivity index (χ1) is 10.2. The van der Waals surface area contributed by atoms with Gasteiger partial charge in [0.25, 0.3) is 5.91 Å². The van der Waals surface area contributed by atoms with Crippen LogP contribution in [0.15, 0.2) is 30.3 Å². The molecule has 0 radical (unpaired) electrons. The van der Waals surface area contributed by atoms with Crippen molar-refractivity contribution in [2.75, 3.05) is 31.1 Å². The average Bonchev–Trinajstić information content (AvgIpc) is 2.66. The molecule has 1 unspecified atom stereocenters. The Balaban J connectivity index is 1.85. The van der Waals surface area contributed by atoms with E-state index in [-0.39, 0.29) is 18.0 Å². The number of imide groups is 1. The monoisotopic (exact) mass is 287 g/mol. The molecular weight excluding hydrogens is 266 g/mol. The first kappa shape index (κ1) is 14.1. The largest absolute Gasteiger partial charge is 0.332 e. The Hall–Kier alpha value is -1.88. The maximum absolute atomic E-state index is 12.7. The molecule has 1 aromatic carbocycles. The van der Waals surface area contributed by atoms with E-state index in [1.165, 1.54) is 4.90 Å². The predicted octanol–water partition coefficient (Wildman–Crippen LogP) is 1.94. The van der Waals surface area contributed by atoms with Crippen molar-refractivity contribution in [1.29, 1.82) is 0 Å². The Kier molecular flexibility index (Phi) is 3.92. The third kappa shape index (κ3) is 2.53. The molecule has 0 bridgehead atoms. The number of benzene rings is 1. The van der Waals surface area contributed by atoms with Crippen LogP contribution < -0.4 is 4.90 Å². The van der Waals surface area contributed by atoms with Crippen molar-refractivity contribution in [3.8, 4) is 0 Å². The van der Waals surface area contributed by atoms with Crippen LogP contribution in [-0.2, 0) is 4.79 Å². The van der Waals surface area contributed by atoms with Crippen LogP contribution in [-0.4, -0.2) is 54.0 Å². The van der Waals surface area contributed by atoms with Crippen molar-refractivity contribution >= 4 is 17.6 Å². The summed E-state index contributed by atoms with van der Waals surface area (Å²) in [6, 6.07) is 8.71. The highest BCUT2D eigenvalue weighted by Gasteiger charge is 2.46. The van der Waals surface area contributed by atoms with Gasteiger partial charge >= 0.3 is 6.03 Å². The smallest absolute Gasteiger partial charge is 0.311 e. The Labute approximate surface area is 125 Å². The second-order valence-corrected chi connectivity index (χ2v) is 5.66. The summed E-state index contributed by atoms with van der Waals surface area (Å²) in [7, 11) is 0. The van der Waals surface area contributed by atoms with Crippen LogP contribution >= 0.6 is 0 Å². The number of anilines is 1. The summed E-state index contributed by atoms with van der Waals surface area (Å²) in [5.41, 5.74) is 0.669. The minimum atomic E-state index is -0.327. The fraction of sp³-hybridized carbons (Fsp3) is 0.500. The molecule has 112 valence electrons. The van der Waals surface area contributed by atoms with Gasteiger partial charge in [0.2, 0.25) is 0 Å². The number of para-hydroxylation sites is 1. The molecule has 2 aliphatic heterocycles. The number of carbonyl (C=O) groups is 2. The molecule has 0 N–H and O–H groups in total. The summed E-state index contributed by atoms with van der Waals surface area (Å²) in [4.78, 5) is 30.6. The number of hydrogen-bond donors (Lipinski definition) is 0. The highest BCUT2D eigenvalue weighted by atomic mass is 16.2. The first-order valence-electron chi connectivity index (χ1n) is 7.64. The van der Waals surface area contributed by atoms with Crippen molar-refractivity contribution in [3.63, 3.8) is 0 Å². The molecule has 5 heteroatoms. The van der Waals surface area contributed by atoms with E-state index in [9.17, 15) is 9.59 Å². The fourth-order valence-corrected chi connectivity index (χ4v) is 3.20. The minimum Gasteiger partial charge on any atom is -0.311 e. The van der Waals surface area contributed by atoms with Gasteiger partial charge in [-0.3, -0.25) is 4.79 Å². The third-order valence-electron chi connectivity index (χ3n) is 4.18. The van der Waals surface area contributed by atoms with E-state index in [1.807, 2.05) is 30.3 Å². The van der Waals surface area contributed by atoms with Crippen LogP contribution in [0.4, 0.5) is 10.5 Å². The van der Waals surface area contributed by atoms with Crippen molar-refractivity contribution < 1.29 is 9.59 Å². The Bertz CT molecular complexity index is 532. The molecule has 21 heavy (non-hydrogen) atoms. The van der Waals surface area contributed by atoms with Crippen molar-refractivity contribution in [3.05, 3.63) is 30.3 Å². The zero-order chi connectivity index (χ0) is 14.8. The van der Waals surface area contributed by atoms with Crippen LogP contribution in [0.25, 0.3) is 0 Å². The summed E-state index contributed by atoms with van der Waals surface area (Å²) in [5, 5.41) is 0. The molecule has 1 atom stereocenters. The molecule has 0 spiro atoms. The van der Waals surface area contributed by atoms with Crippen molar-refractivity contribution in [2.24, 2.45) is 0 Å². The lowest BCUT2D eigenvalue weighted by Crippen LogP contribution is -2.41. The van der Waals surface area contributed by atoms with Gasteiger partial charge in [0.05, 0.1) is 5.69 Å². The number of carbonyl (C=O) groups excluding carboxylic acids is 2. The van der Waals surface area contributed by atoms with E-state index in [2.05, 4.69) is 11.8 Å². The van der Waals surface area contributed by atoms with Crippen LogP contribution in [0.2, 0.25) is 0 Å². The fourth-order valence-electron chi connectivity index (χ4n) is 3.20. The van der Waals surface area contributed by atoms with E-state index in [0.717, 1.165) is 25.9 Å². The van der Waals surface area contributed by atoms with E-state index in [1.54, 1.807) is 4.90 Å². The molecule has 3 amide bonds. The summed E-state index contributed by atoms with van der Waals surface area (Å²) < 4.78 is 0. The zero-order valence-corrected chi connectivity index (χ0v) is 12.4. The van der Waals surface area contributed by atoms with Crippen molar-refractivity contribution in [2.45, 2.75) is 25.8 Å². The van der Waals surface area contributed by atoms with Gasteiger partial charge in [-0.1, -0.05) is 25.1 Å². The zero-order valence-electron chi connectivity index (χ0n) is 12.4. The maximum Gasteiger partial charge on any atom is 0.332 e. The molecule has 2 saturated heterocycles. The van der Waals surface area contributed by atoms with Gasteiger partial charge in [0, 0.05) is 13.1 Å². The molecule has 2 aliphatic rings. The summed E-state index contributed by atoms with van der Waals surface area (Å²) in [6.07, 6.45) is 2.00. The maximum atomic E-state index is 12.7. The lowest BCUT2D eigenvalue weighted by Gasteiger charge is -2.22. The summed E-state index contributed by atoms with van der Waals surface area (Å²) >= 11 is 0. The molecule has 2 fully saturated rings. The quantitative estimate of drug-likeness (QED) is 0.798. The molecular formula is C16H21N3O2. The summed E-state index contributed by atoms with van der Waals surface area (Å²) in [6.45, 7) is 5.41. The van der Waals surface area contributed by atoms with Gasteiger partial charge in [-0.05, 0) is 38.1 Å². The van der Waals surface area contributed by atoms with E-state index in [4.69, 9.17) is 0 Å². The van der Waals surface area contributed by atoms with Crippen LogP contribution in [0.3, 0.4) is 0 Å². The standard InChI is InChI=1S/C16H21N3O2/c1-2-9-17-10-6-11-18-14(12-17)15(20)19(16(18)21)13-7-4-3-5-8-13/h3-5,7-8,14H,2,6,9-12H2,1H3. The van der Waals surface area contributed by atoms with Gasteiger partial charge in [-0.2, -0.15) is 0 Å². The topological polar surface area (TPSA) is 43.9 Å². The minimum absolute atomic E-state index is 0.0887. The molecule has 1 aromatic rings. The molecule has 0 aliphatic carbocycles. The van der Waals surface area contributed by atoms with Crippen LogP contribution in [0.5, 0.6) is 0 Å². The number of urea groups is 1. The average molecular weight is 287 g/mol. The highest BCUT2D eigenvalue weighted by Crippen LogP contribution is 2.27. The number of fused-ring (bicyclic) bond motifs is 1. The van der Waals surface area contributed by atoms with Gasteiger partial charge in [0.15, 0.2) is 0 Å². The van der Waals surface area contributed by atoms with Gasteiger partial charge in [-0.25, -0.2) is 9.69 Å². The molecule has 3 rings (SSSR count). The van der Waals surface area contributed by atoms with E-state index >= 15 is 0 Å². The Morgan fingerprint density at radius 2 is 1.90 bits per heavy atom. The SMILES string of the molecule is CCCN1CCCN2C(=O)N(c3ccccc3)C(=O)C2C1. The van der Waals surface area contributed by atoms with Crippen molar-refractivity contribution in [1.82, 2.24) is 9.80 Å². The molecule has 0 saturated carbocycles. The molecule has 5 nitrogen and oxygen atoms in total. The van der Waals surface area contributed by atoms with Gasteiger partial charge < -0.3 is 9.80 Å². The van der Waals surface area contributed by atoms with Gasteiger partial charge in [0.1, 0.15) is 6.04 Å². The predicted molar refractivity (Wildman–Crippen MR) is 81.2 cm³/mol.